The van der Waals surface area contributed by atoms with Crippen LogP contribution in [-0.4, -0.2) is 22.0 Å². The van der Waals surface area contributed by atoms with E-state index in [1.807, 2.05) is 36.1 Å². The third kappa shape index (κ3) is 3.47. The van der Waals surface area contributed by atoms with Crippen LogP contribution in [0.2, 0.25) is 0 Å². The fourth-order valence-electron chi connectivity index (χ4n) is 3.80. The van der Waals surface area contributed by atoms with E-state index in [0.29, 0.717) is 0 Å². The summed E-state index contributed by atoms with van der Waals surface area (Å²) in [6.07, 6.45) is 2.08. The molecule has 1 aromatic heterocycles. The number of benzene rings is 2. The Balaban J connectivity index is 1.43. The van der Waals surface area contributed by atoms with Crippen molar-refractivity contribution < 1.29 is 4.79 Å². The molecule has 1 aliphatic rings. The van der Waals surface area contributed by atoms with E-state index in [4.69, 9.17) is 0 Å². The summed E-state index contributed by atoms with van der Waals surface area (Å²) < 4.78 is 2.22. The van der Waals surface area contributed by atoms with Gasteiger partial charge in [0.25, 0.3) is 0 Å². The molecule has 0 fully saturated rings. The molecule has 4 nitrogen and oxygen atoms in total. The first-order valence-electron chi connectivity index (χ1n) is 9.51. The highest BCUT2D eigenvalue weighted by Crippen LogP contribution is 2.26. The zero-order chi connectivity index (χ0) is 18.8. The number of fused-ring (bicyclic) bond motifs is 1. The van der Waals surface area contributed by atoms with Gasteiger partial charge in [0.2, 0.25) is 0 Å². The van der Waals surface area contributed by atoms with Gasteiger partial charge in [-0.1, -0.05) is 54.6 Å². The summed E-state index contributed by atoms with van der Waals surface area (Å²) >= 11 is 0. The summed E-state index contributed by atoms with van der Waals surface area (Å²) in [5.74, 6) is 0. The second-order valence-electron chi connectivity index (χ2n) is 7.16. The average molecular weight is 359 g/mol. The Morgan fingerprint density at radius 1 is 0.963 bits per heavy atom. The molecule has 0 aliphatic carbocycles. The molecule has 0 spiro atoms. The molecule has 1 aliphatic heterocycles. The largest absolute Gasteiger partial charge is 0.348 e. The van der Waals surface area contributed by atoms with E-state index in [1.165, 1.54) is 16.8 Å². The second kappa shape index (κ2) is 7.31. The van der Waals surface area contributed by atoms with Crippen molar-refractivity contribution in [3.8, 4) is 11.1 Å². The number of rotatable bonds is 3. The lowest BCUT2D eigenvalue weighted by atomic mass is 10.0. The first kappa shape index (κ1) is 17.4. The van der Waals surface area contributed by atoms with Crippen molar-refractivity contribution in [3.05, 3.63) is 84.2 Å². The van der Waals surface area contributed by atoms with Gasteiger partial charge in [0.1, 0.15) is 0 Å². The van der Waals surface area contributed by atoms with E-state index in [0.717, 1.165) is 18.7 Å². The summed E-state index contributed by atoms with van der Waals surface area (Å²) in [4.78, 5) is 14.7. The van der Waals surface area contributed by atoms with Gasteiger partial charge in [-0.05, 0) is 42.7 Å². The molecule has 2 atom stereocenters. The molecule has 2 amide bonds. The van der Waals surface area contributed by atoms with Gasteiger partial charge >= 0.3 is 6.03 Å². The zero-order valence-corrected chi connectivity index (χ0v) is 15.8. The number of urea groups is 1. The Morgan fingerprint density at radius 2 is 1.67 bits per heavy atom. The maximum Gasteiger partial charge on any atom is 0.318 e. The van der Waals surface area contributed by atoms with Crippen molar-refractivity contribution in [2.24, 2.45) is 0 Å². The molecule has 2 heterocycles. The molecule has 2 aromatic carbocycles. The number of amides is 2. The summed E-state index contributed by atoms with van der Waals surface area (Å²) in [6.45, 7) is 5.70. The number of carbonyl (C=O) groups is 1. The minimum atomic E-state index is -0.0387. The Morgan fingerprint density at radius 3 is 2.41 bits per heavy atom. The lowest BCUT2D eigenvalue weighted by molar-refractivity contribution is 0.159. The van der Waals surface area contributed by atoms with Crippen LogP contribution in [-0.2, 0) is 6.54 Å². The van der Waals surface area contributed by atoms with Crippen LogP contribution in [0, 0.1) is 0 Å². The fourth-order valence-corrected chi connectivity index (χ4v) is 3.80. The molecule has 3 aromatic rings. The SMILES string of the molecule is CC(NC(=O)N1CCn2cccc2C1C)c1ccc(-c2ccccc2)cc1. The summed E-state index contributed by atoms with van der Waals surface area (Å²) in [5, 5.41) is 3.16. The van der Waals surface area contributed by atoms with Crippen LogP contribution < -0.4 is 5.32 Å². The molecular weight excluding hydrogens is 334 g/mol. The average Bonchev–Trinajstić information content (AvgIpc) is 3.19. The van der Waals surface area contributed by atoms with Crippen LogP contribution in [0.1, 0.15) is 37.2 Å². The van der Waals surface area contributed by atoms with Crippen LogP contribution in [0.4, 0.5) is 4.79 Å². The van der Waals surface area contributed by atoms with E-state index in [2.05, 4.69) is 65.5 Å². The number of hydrogen-bond donors (Lipinski definition) is 1. The van der Waals surface area contributed by atoms with Crippen LogP contribution in [0.5, 0.6) is 0 Å². The minimum Gasteiger partial charge on any atom is -0.348 e. The monoisotopic (exact) mass is 359 g/mol. The molecule has 0 bridgehead atoms. The first-order valence-corrected chi connectivity index (χ1v) is 9.51. The Labute approximate surface area is 160 Å². The van der Waals surface area contributed by atoms with E-state index in [1.54, 1.807) is 0 Å². The van der Waals surface area contributed by atoms with Crippen LogP contribution in [0.15, 0.2) is 72.9 Å². The number of nitrogens with zero attached hydrogens (tertiary/aromatic N) is 2. The number of aromatic nitrogens is 1. The van der Waals surface area contributed by atoms with Gasteiger partial charge in [-0.3, -0.25) is 0 Å². The summed E-state index contributed by atoms with van der Waals surface area (Å²) in [6, 6.07) is 22.9. The summed E-state index contributed by atoms with van der Waals surface area (Å²) in [7, 11) is 0. The number of carbonyl (C=O) groups excluding carboxylic acids is 1. The molecular formula is C23H25N3O. The van der Waals surface area contributed by atoms with Crippen molar-refractivity contribution >= 4 is 6.03 Å². The molecule has 138 valence electrons. The highest BCUT2D eigenvalue weighted by Gasteiger charge is 2.28. The van der Waals surface area contributed by atoms with Crippen LogP contribution in [0.3, 0.4) is 0 Å². The molecule has 0 radical (unpaired) electrons. The maximum absolute atomic E-state index is 12.8. The minimum absolute atomic E-state index is 0.00501. The second-order valence-corrected chi connectivity index (χ2v) is 7.16. The van der Waals surface area contributed by atoms with E-state index >= 15 is 0 Å². The zero-order valence-electron chi connectivity index (χ0n) is 15.8. The molecule has 4 rings (SSSR count). The lowest BCUT2D eigenvalue weighted by Crippen LogP contribution is -2.46. The normalized spacial score (nSPS) is 17.3. The predicted octanol–water partition coefficient (Wildman–Crippen LogP) is 5.00. The van der Waals surface area contributed by atoms with Gasteiger partial charge in [0.05, 0.1) is 12.1 Å². The Bertz CT molecular complexity index is 914. The standard InChI is InChI=1S/C23H25N3O/c1-17(19-10-12-21(13-11-19)20-7-4-3-5-8-20)24-23(27)26-16-15-25-14-6-9-22(25)18(26)2/h3-14,17-18H,15-16H2,1-2H3,(H,24,27). The molecule has 4 heteroatoms. The number of hydrogen-bond acceptors (Lipinski definition) is 1. The van der Waals surface area contributed by atoms with Gasteiger partial charge in [0, 0.05) is 25.0 Å². The van der Waals surface area contributed by atoms with E-state index in [-0.39, 0.29) is 18.1 Å². The van der Waals surface area contributed by atoms with Crippen LogP contribution >= 0.6 is 0 Å². The smallest absolute Gasteiger partial charge is 0.318 e. The van der Waals surface area contributed by atoms with Gasteiger partial charge in [-0.25, -0.2) is 4.79 Å². The third-order valence-corrected chi connectivity index (χ3v) is 5.46. The maximum atomic E-state index is 12.8. The fraction of sp³-hybridized carbons (Fsp3) is 0.261. The van der Waals surface area contributed by atoms with E-state index in [9.17, 15) is 4.79 Å². The first-order chi connectivity index (χ1) is 13.1. The summed E-state index contributed by atoms with van der Waals surface area (Å²) in [5.41, 5.74) is 4.68. The quantitative estimate of drug-likeness (QED) is 0.702. The third-order valence-electron chi connectivity index (χ3n) is 5.46. The van der Waals surface area contributed by atoms with Gasteiger partial charge in [0.15, 0.2) is 0 Å². The Hall–Kier alpha value is -3.01. The van der Waals surface area contributed by atoms with Crippen molar-refractivity contribution in [1.29, 1.82) is 0 Å². The highest BCUT2D eigenvalue weighted by molar-refractivity contribution is 5.75. The van der Waals surface area contributed by atoms with Crippen molar-refractivity contribution in [3.63, 3.8) is 0 Å². The van der Waals surface area contributed by atoms with Gasteiger partial charge in [-0.2, -0.15) is 0 Å². The van der Waals surface area contributed by atoms with Gasteiger partial charge < -0.3 is 14.8 Å². The van der Waals surface area contributed by atoms with Crippen molar-refractivity contribution in [2.45, 2.75) is 32.5 Å². The predicted molar refractivity (Wildman–Crippen MR) is 108 cm³/mol. The number of nitrogens with one attached hydrogen (secondary N) is 1. The van der Waals surface area contributed by atoms with Crippen molar-refractivity contribution in [2.75, 3.05) is 6.54 Å². The highest BCUT2D eigenvalue weighted by atomic mass is 16.2. The molecule has 2 unspecified atom stereocenters. The van der Waals surface area contributed by atoms with Gasteiger partial charge in [-0.15, -0.1) is 0 Å². The lowest BCUT2D eigenvalue weighted by Gasteiger charge is -2.35. The Kier molecular flexibility index (Phi) is 4.71. The topological polar surface area (TPSA) is 37.3 Å². The van der Waals surface area contributed by atoms with E-state index < -0.39 is 0 Å². The molecule has 0 saturated heterocycles. The van der Waals surface area contributed by atoms with Crippen molar-refractivity contribution in [1.82, 2.24) is 14.8 Å². The molecule has 27 heavy (non-hydrogen) atoms. The van der Waals surface area contributed by atoms with Crippen LogP contribution in [0.25, 0.3) is 11.1 Å². The molecule has 0 saturated carbocycles. The molecule has 1 N–H and O–H groups in total.